The van der Waals surface area contributed by atoms with Gasteiger partial charge in [-0.05, 0) is 60.7 Å². The molecule has 36 heavy (non-hydrogen) atoms. The zero-order chi connectivity index (χ0) is 25.6. The van der Waals surface area contributed by atoms with Crippen molar-refractivity contribution in [2.24, 2.45) is 17.8 Å². The first-order valence-corrected chi connectivity index (χ1v) is 12.2. The van der Waals surface area contributed by atoms with Crippen LogP contribution in [-0.2, 0) is 19.2 Å². The molecule has 184 valence electrons. The lowest BCUT2D eigenvalue weighted by atomic mass is 9.56. The lowest BCUT2D eigenvalue weighted by Crippen LogP contribution is -2.60. The van der Waals surface area contributed by atoms with Crippen molar-refractivity contribution in [3.05, 3.63) is 71.6 Å². The fourth-order valence-electron chi connectivity index (χ4n) is 6.35. The summed E-state index contributed by atoms with van der Waals surface area (Å²) in [6, 6.07) is 10.9. The molecule has 2 saturated heterocycles. The normalized spacial score (nSPS) is 35.2. The quantitative estimate of drug-likeness (QED) is 0.353. The third-order valence-electron chi connectivity index (χ3n) is 7.97. The molecule has 6 atom stereocenters. The van der Waals surface area contributed by atoms with E-state index >= 15 is 0 Å². The fourth-order valence-corrected chi connectivity index (χ4v) is 7.29. The molecule has 2 N–H and O–H groups in total. The molecule has 2 aliphatic carbocycles. The molecule has 2 heterocycles. The van der Waals surface area contributed by atoms with E-state index in [1.807, 2.05) is 6.08 Å². The second kappa shape index (κ2) is 7.63. The van der Waals surface area contributed by atoms with Crippen molar-refractivity contribution in [2.75, 3.05) is 4.90 Å². The molecule has 0 radical (unpaired) electrons. The van der Waals surface area contributed by atoms with Gasteiger partial charge in [0.05, 0.1) is 17.5 Å². The molecule has 0 unspecified atom stereocenters. The van der Waals surface area contributed by atoms with Gasteiger partial charge in [0.2, 0.25) is 11.8 Å². The van der Waals surface area contributed by atoms with Crippen molar-refractivity contribution in [3.63, 3.8) is 0 Å². The van der Waals surface area contributed by atoms with Gasteiger partial charge in [-0.1, -0.05) is 23.8 Å². The van der Waals surface area contributed by atoms with Crippen molar-refractivity contribution >= 4 is 52.5 Å². The van der Waals surface area contributed by atoms with Crippen LogP contribution in [-0.4, -0.2) is 38.5 Å². The minimum Gasteiger partial charge on any atom is -0.508 e. The fraction of sp³-hybridized carbons (Fsp3) is 0.308. The lowest BCUT2D eigenvalue weighted by Gasteiger charge is -2.50. The summed E-state index contributed by atoms with van der Waals surface area (Å²) in [6.07, 6.45) is 1.96. The Morgan fingerprint density at radius 1 is 0.917 bits per heavy atom. The molecule has 7 nitrogen and oxygen atoms in total. The number of nitrogens with one attached hydrogen (secondary N) is 1. The first-order valence-electron chi connectivity index (χ1n) is 11.4. The zero-order valence-electron chi connectivity index (χ0n) is 18.6. The van der Waals surface area contributed by atoms with Crippen molar-refractivity contribution < 1.29 is 28.7 Å². The van der Waals surface area contributed by atoms with Crippen molar-refractivity contribution in [3.8, 4) is 5.75 Å². The number of alkyl halides is 2. The van der Waals surface area contributed by atoms with Crippen LogP contribution in [0, 0.1) is 23.6 Å². The molecule has 3 fully saturated rings. The molecule has 2 aromatic carbocycles. The lowest BCUT2D eigenvalue weighted by molar-refractivity contribution is -0.127. The molecule has 0 spiro atoms. The number of hydrogen-bond acceptors (Lipinski definition) is 5. The van der Waals surface area contributed by atoms with E-state index < -0.39 is 57.0 Å². The van der Waals surface area contributed by atoms with Gasteiger partial charge in [-0.2, -0.15) is 0 Å². The molecule has 0 aromatic heterocycles. The van der Waals surface area contributed by atoms with Crippen LogP contribution >= 0.6 is 23.2 Å². The number of rotatable bonds is 2. The van der Waals surface area contributed by atoms with Gasteiger partial charge in [0.15, 0.2) is 9.75 Å². The average Bonchev–Trinajstić information content (AvgIpc) is 3.22. The maximum absolute atomic E-state index is 14.0. The van der Waals surface area contributed by atoms with E-state index in [2.05, 4.69) is 5.32 Å². The minimum absolute atomic E-state index is 0.00733. The van der Waals surface area contributed by atoms with E-state index in [0.717, 1.165) is 17.0 Å². The highest BCUT2D eigenvalue weighted by Gasteiger charge is 2.76. The molecular weight excluding hydrogens is 510 g/mol. The topological polar surface area (TPSA) is 104 Å². The van der Waals surface area contributed by atoms with Crippen LogP contribution in [0.1, 0.15) is 24.3 Å². The number of anilines is 1. The van der Waals surface area contributed by atoms with Gasteiger partial charge in [0.1, 0.15) is 11.6 Å². The number of allylic oxidation sites excluding steroid dienone is 2. The zero-order valence-corrected chi connectivity index (χ0v) is 20.1. The highest BCUT2D eigenvalue weighted by Crippen LogP contribution is 2.65. The number of nitrogens with zero attached hydrogens (tertiary/aromatic N) is 1. The van der Waals surface area contributed by atoms with Crippen LogP contribution in [0.4, 0.5) is 10.1 Å². The number of phenolic OH excluding ortho intramolecular Hbond substituents is 1. The highest BCUT2D eigenvalue weighted by molar-refractivity contribution is 6.58. The number of hydrogen-bond donors (Lipinski definition) is 2. The van der Waals surface area contributed by atoms with Crippen molar-refractivity contribution in [1.29, 1.82) is 0 Å². The van der Waals surface area contributed by atoms with Crippen LogP contribution in [0.5, 0.6) is 5.75 Å². The predicted octanol–water partition coefficient (Wildman–Crippen LogP) is 3.38. The number of aromatic hydroxyl groups is 1. The standard InChI is InChI=1S/C26H19Cl2FN2O5/c27-25-11-18-16(9-10-17-19(18)22(34)30-21(17)33)20(12-1-7-15(32)8-2-12)26(25,28)24(36)31(23(25)35)14-5-3-13(29)4-6-14/h1-9,17-20,32H,10-11H2,(H,30,33,34)/t17-,18+,19-,20-,25+,26-/m0/s1. The SMILES string of the molecule is O=C1NC(=O)[C@H]2CC=C3[C@@H](C[C@@]4(Cl)C(=O)N(c5ccc(F)cc5)C(=O)[C@@]4(Cl)[C@H]3c3ccc(O)cc3)[C@@H]12. The third-order valence-corrected chi connectivity index (χ3v) is 9.38. The van der Waals surface area contributed by atoms with Gasteiger partial charge < -0.3 is 5.11 Å². The third kappa shape index (κ3) is 2.85. The van der Waals surface area contributed by atoms with Gasteiger partial charge in [-0.25, -0.2) is 9.29 Å². The number of phenols is 1. The minimum atomic E-state index is -1.98. The largest absolute Gasteiger partial charge is 0.508 e. The van der Waals surface area contributed by atoms with Gasteiger partial charge >= 0.3 is 0 Å². The Balaban J connectivity index is 1.57. The highest BCUT2D eigenvalue weighted by atomic mass is 35.5. The average molecular weight is 529 g/mol. The number of halogens is 3. The van der Waals surface area contributed by atoms with Gasteiger partial charge in [0.25, 0.3) is 11.8 Å². The van der Waals surface area contributed by atoms with Crippen LogP contribution in [0.3, 0.4) is 0 Å². The Kier molecular flexibility index (Phi) is 4.92. The van der Waals surface area contributed by atoms with E-state index in [1.165, 1.54) is 24.3 Å². The molecular formula is C26H19Cl2FN2O5. The summed E-state index contributed by atoms with van der Waals surface area (Å²) >= 11 is 14.3. The van der Waals surface area contributed by atoms with E-state index in [0.29, 0.717) is 11.1 Å². The number of carbonyl (C=O) groups is 4. The summed E-state index contributed by atoms with van der Waals surface area (Å²) in [7, 11) is 0. The van der Waals surface area contributed by atoms with Crippen molar-refractivity contribution in [2.45, 2.75) is 28.5 Å². The Bertz CT molecular complexity index is 1380. The van der Waals surface area contributed by atoms with E-state index in [1.54, 1.807) is 12.1 Å². The predicted molar refractivity (Wildman–Crippen MR) is 128 cm³/mol. The maximum atomic E-state index is 14.0. The molecule has 2 aliphatic heterocycles. The Hall–Kier alpha value is -3.23. The first-order chi connectivity index (χ1) is 17.1. The number of fused-ring (bicyclic) bond motifs is 4. The molecule has 0 bridgehead atoms. The Morgan fingerprint density at radius 3 is 2.25 bits per heavy atom. The summed E-state index contributed by atoms with van der Waals surface area (Å²) in [4.78, 5) is 50.1. The van der Waals surface area contributed by atoms with Gasteiger partial charge in [0, 0.05) is 5.92 Å². The monoisotopic (exact) mass is 528 g/mol. The van der Waals surface area contributed by atoms with Crippen LogP contribution in [0.2, 0.25) is 0 Å². The number of amides is 4. The molecule has 2 aromatic rings. The molecule has 4 amide bonds. The number of benzene rings is 2. The van der Waals surface area contributed by atoms with Crippen molar-refractivity contribution in [1.82, 2.24) is 5.32 Å². The van der Waals surface area contributed by atoms with E-state index in [-0.39, 0.29) is 30.2 Å². The Morgan fingerprint density at radius 2 is 1.58 bits per heavy atom. The number of imide groups is 2. The summed E-state index contributed by atoms with van der Waals surface area (Å²) in [6.45, 7) is 0. The maximum Gasteiger partial charge on any atom is 0.258 e. The Labute approximate surface area is 214 Å². The summed E-state index contributed by atoms with van der Waals surface area (Å²) in [5.41, 5.74) is 1.29. The molecule has 6 rings (SSSR count). The van der Waals surface area contributed by atoms with E-state index in [4.69, 9.17) is 23.2 Å². The smallest absolute Gasteiger partial charge is 0.258 e. The van der Waals surface area contributed by atoms with Crippen LogP contribution < -0.4 is 10.2 Å². The van der Waals surface area contributed by atoms with E-state index in [9.17, 15) is 28.7 Å². The van der Waals surface area contributed by atoms with Crippen LogP contribution in [0.15, 0.2) is 60.2 Å². The molecule has 4 aliphatic rings. The number of carbonyl (C=O) groups excluding carboxylic acids is 4. The summed E-state index contributed by atoms with van der Waals surface area (Å²) in [5, 5.41) is 12.2. The second-order valence-electron chi connectivity index (χ2n) is 9.70. The molecule has 1 saturated carbocycles. The molecule has 10 heteroatoms. The van der Waals surface area contributed by atoms with Gasteiger partial charge in [-0.3, -0.25) is 24.5 Å². The second-order valence-corrected chi connectivity index (χ2v) is 10.9. The van der Waals surface area contributed by atoms with Crippen LogP contribution in [0.25, 0.3) is 0 Å². The first kappa shape index (κ1) is 23.2. The summed E-state index contributed by atoms with van der Waals surface area (Å²) < 4.78 is 13.6. The summed E-state index contributed by atoms with van der Waals surface area (Å²) in [5.74, 6) is -5.82. The van der Waals surface area contributed by atoms with Gasteiger partial charge in [-0.15, -0.1) is 23.2 Å².